The van der Waals surface area contributed by atoms with Crippen molar-refractivity contribution in [1.82, 2.24) is 15.1 Å². The number of rotatable bonds is 6. The first-order chi connectivity index (χ1) is 8.10. The fraction of sp³-hybridized carbons (Fsp3) is 0.643. The Kier molecular flexibility index (Phi) is 5.24. The minimum absolute atomic E-state index is 0.363. The second kappa shape index (κ2) is 6.46. The van der Waals surface area contributed by atoms with Crippen LogP contribution in [0.3, 0.4) is 0 Å². The number of aromatic nitrogens is 2. The first kappa shape index (κ1) is 13.8. The van der Waals surface area contributed by atoms with Gasteiger partial charge in [-0.05, 0) is 38.8 Å². The maximum atomic E-state index is 5.43. The summed E-state index contributed by atoms with van der Waals surface area (Å²) in [6, 6.07) is 0.363. The zero-order chi connectivity index (χ0) is 12.8. The molecule has 1 N–H and O–H groups in total. The van der Waals surface area contributed by atoms with Gasteiger partial charge < -0.3 is 5.32 Å². The van der Waals surface area contributed by atoms with Crippen LogP contribution in [0.5, 0.6) is 0 Å². The van der Waals surface area contributed by atoms with E-state index in [0.717, 1.165) is 31.5 Å². The highest BCUT2D eigenvalue weighted by Crippen LogP contribution is 2.15. The molecule has 0 spiro atoms. The Balaban J connectivity index is 2.75. The molecule has 1 heterocycles. The predicted octanol–water partition coefficient (Wildman–Crippen LogP) is 1.97. The van der Waals surface area contributed by atoms with Crippen LogP contribution in [0.4, 0.5) is 0 Å². The summed E-state index contributed by atoms with van der Waals surface area (Å²) in [4.78, 5) is 0. The number of hydrogen-bond acceptors (Lipinski definition) is 2. The van der Waals surface area contributed by atoms with E-state index in [1.54, 1.807) is 0 Å². The summed E-state index contributed by atoms with van der Waals surface area (Å²) in [7, 11) is 1.99. The summed E-state index contributed by atoms with van der Waals surface area (Å²) < 4.78 is 1.94. The van der Waals surface area contributed by atoms with Crippen LogP contribution in [0, 0.1) is 26.2 Å². The predicted molar refractivity (Wildman–Crippen MR) is 71.9 cm³/mol. The number of nitrogens with zero attached hydrogens (tertiary/aromatic N) is 2. The van der Waals surface area contributed by atoms with Crippen LogP contribution >= 0.6 is 0 Å². The van der Waals surface area contributed by atoms with Crippen molar-refractivity contribution in [3.63, 3.8) is 0 Å². The van der Waals surface area contributed by atoms with Crippen LogP contribution in [0.2, 0.25) is 0 Å². The molecule has 0 saturated carbocycles. The molecule has 0 aliphatic carbocycles. The molecule has 1 aromatic heterocycles. The first-order valence-corrected chi connectivity index (χ1v) is 6.26. The molecule has 1 rings (SSSR count). The molecular formula is C14H23N3. The zero-order valence-electron chi connectivity index (χ0n) is 11.4. The molecule has 0 aliphatic heterocycles. The molecule has 17 heavy (non-hydrogen) atoms. The third kappa shape index (κ3) is 3.61. The Morgan fingerprint density at radius 1 is 1.47 bits per heavy atom. The number of terminal acetylenes is 1. The smallest absolute Gasteiger partial charge is 0.0628 e. The highest BCUT2D eigenvalue weighted by Gasteiger charge is 2.14. The van der Waals surface area contributed by atoms with Gasteiger partial charge in [0.2, 0.25) is 0 Å². The van der Waals surface area contributed by atoms with Gasteiger partial charge in [-0.25, -0.2) is 0 Å². The molecule has 0 aliphatic rings. The number of aryl methyl sites for hydroxylation is 2. The van der Waals surface area contributed by atoms with Crippen molar-refractivity contribution < 1.29 is 0 Å². The van der Waals surface area contributed by atoms with E-state index < -0.39 is 0 Å². The minimum atomic E-state index is 0.363. The van der Waals surface area contributed by atoms with E-state index in [2.05, 4.69) is 37.1 Å². The second-order valence-corrected chi connectivity index (χ2v) is 4.54. The van der Waals surface area contributed by atoms with Gasteiger partial charge in [0.15, 0.2) is 0 Å². The summed E-state index contributed by atoms with van der Waals surface area (Å²) in [5.41, 5.74) is 3.68. The topological polar surface area (TPSA) is 29.9 Å². The lowest BCUT2D eigenvalue weighted by Gasteiger charge is -2.16. The van der Waals surface area contributed by atoms with Crippen molar-refractivity contribution in [2.24, 2.45) is 7.05 Å². The molecule has 0 bridgehead atoms. The third-order valence-corrected chi connectivity index (χ3v) is 3.16. The van der Waals surface area contributed by atoms with Crippen LogP contribution in [-0.2, 0) is 13.5 Å². The van der Waals surface area contributed by atoms with E-state index in [9.17, 15) is 0 Å². The molecule has 1 unspecified atom stereocenters. The SMILES string of the molecule is C#CCC(Cc1c(C)nn(C)c1C)NCCC. The first-order valence-electron chi connectivity index (χ1n) is 6.26. The second-order valence-electron chi connectivity index (χ2n) is 4.54. The zero-order valence-corrected chi connectivity index (χ0v) is 11.4. The largest absolute Gasteiger partial charge is 0.313 e. The molecule has 0 saturated heterocycles. The summed E-state index contributed by atoms with van der Waals surface area (Å²) in [6.45, 7) is 7.36. The maximum absolute atomic E-state index is 5.43. The summed E-state index contributed by atoms with van der Waals surface area (Å²) in [5, 5.41) is 7.94. The molecule has 1 aromatic rings. The van der Waals surface area contributed by atoms with Crippen molar-refractivity contribution >= 4 is 0 Å². The maximum Gasteiger partial charge on any atom is 0.0628 e. The molecule has 1 atom stereocenters. The number of hydrogen-bond donors (Lipinski definition) is 1. The van der Waals surface area contributed by atoms with Gasteiger partial charge in [-0.3, -0.25) is 4.68 Å². The van der Waals surface area contributed by atoms with Gasteiger partial charge in [0, 0.05) is 25.2 Å². The Labute approximate surface area is 105 Å². The van der Waals surface area contributed by atoms with Gasteiger partial charge in [-0.2, -0.15) is 5.10 Å². The third-order valence-electron chi connectivity index (χ3n) is 3.16. The molecule has 0 fully saturated rings. The van der Waals surface area contributed by atoms with Crippen LogP contribution < -0.4 is 5.32 Å². The summed E-state index contributed by atoms with van der Waals surface area (Å²) in [6.07, 6.45) is 8.30. The van der Waals surface area contributed by atoms with E-state index in [4.69, 9.17) is 6.42 Å². The van der Waals surface area contributed by atoms with Crippen LogP contribution in [0.25, 0.3) is 0 Å². The average molecular weight is 233 g/mol. The van der Waals surface area contributed by atoms with Crippen LogP contribution in [-0.4, -0.2) is 22.4 Å². The average Bonchev–Trinajstić information content (AvgIpc) is 2.53. The van der Waals surface area contributed by atoms with Crippen molar-refractivity contribution in [1.29, 1.82) is 0 Å². The van der Waals surface area contributed by atoms with Gasteiger partial charge in [-0.15, -0.1) is 12.3 Å². The van der Waals surface area contributed by atoms with E-state index in [1.165, 1.54) is 11.3 Å². The quantitative estimate of drug-likeness (QED) is 0.761. The number of nitrogens with one attached hydrogen (secondary N) is 1. The fourth-order valence-corrected chi connectivity index (χ4v) is 2.07. The van der Waals surface area contributed by atoms with E-state index in [0.29, 0.717) is 6.04 Å². The van der Waals surface area contributed by atoms with Crippen LogP contribution in [0.15, 0.2) is 0 Å². The fourth-order valence-electron chi connectivity index (χ4n) is 2.07. The van der Waals surface area contributed by atoms with E-state index >= 15 is 0 Å². The van der Waals surface area contributed by atoms with E-state index in [1.807, 2.05) is 11.7 Å². The Morgan fingerprint density at radius 3 is 2.65 bits per heavy atom. The molecule has 0 radical (unpaired) electrons. The van der Waals surface area contributed by atoms with Crippen LogP contribution in [0.1, 0.15) is 36.7 Å². The van der Waals surface area contributed by atoms with Crippen molar-refractivity contribution in [3.05, 3.63) is 17.0 Å². The lowest BCUT2D eigenvalue weighted by molar-refractivity contribution is 0.515. The summed E-state index contributed by atoms with van der Waals surface area (Å²) in [5.74, 6) is 2.75. The Bertz CT molecular complexity index is 398. The van der Waals surface area contributed by atoms with Crippen molar-refractivity contribution in [2.45, 2.75) is 46.1 Å². The Hall–Kier alpha value is -1.27. The van der Waals surface area contributed by atoms with Gasteiger partial charge in [0.1, 0.15) is 0 Å². The normalized spacial score (nSPS) is 12.4. The Morgan fingerprint density at radius 2 is 2.18 bits per heavy atom. The standard InChI is InChI=1S/C14H23N3/c1-6-8-13(15-9-7-2)10-14-11(3)16-17(5)12(14)4/h1,13,15H,7-10H2,2-5H3. The monoisotopic (exact) mass is 233 g/mol. The molecule has 94 valence electrons. The highest BCUT2D eigenvalue weighted by atomic mass is 15.3. The van der Waals surface area contributed by atoms with Gasteiger partial charge >= 0.3 is 0 Å². The highest BCUT2D eigenvalue weighted by molar-refractivity contribution is 5.25. The lowest BCUT2D eigenvalue weighted by atomic mass is 10.0. The molecular weight excluding hydrogens is 210 g/mol. The molecule has 0 aromatic carbocycles. The summed E-state index contributed by atoms with van der Waals surface area (Å²) >= 11 is 0. The van der Waals surface area contributed by atoms with Crippen molar-refractivity contribution in [3.8, 4) is 12.3 Å². The van der Waals surface area contributed by atoms with E-state index in [-0.39, 0.29) is 0 Å². The van der Waals surface area contributed by atoms with Crippen molar-refractivity contribution in [2.75, 3.05) is 6.54 Å². The van der Waals surface area contributed by atoms with Gasteiger partial charge in [0.05, 0.1) is 5.69 Å². The minimum Gasteiger partial charge on any atom is -0.313 e. The molecule has 3 nitrogen and oxygen atoms in total. The lowest BCUT2D eigenvalue weighted by Crippen LogP contribution is -2.31. The van der Waals surface area contributed by atoms with Gasteiger partial charge in [-0.1, -0.05) is 6.92 Å². The molecule has 0 amide bonds. The van der Waals surface area contributed by atoms with Gasteiger partial charge in [0.25, 0.3) is 0 Å². The molecule has 3 heteroatoms.